The molecule has 2 aromatic carbocycles. The van der Waals surface area contributed by atoms with Crippen LogP contribution in [-0.2, 0) is 17.8 Å². The van der Waals surface area contributed by atoms with Crippen LogP contribution in [0.25, 0.3) is 0 Å². The number of benzene rings is 2. The lowest BCUT2D eigenvalue weighted by Crippen LogP contribution is -2.34. The largest absolute Gasteiger partial charge is 0.334 e. The van der Waals surface area contributed by atoms with E-state index in [1.54, 1.807) is 12.1 Å². The highest BCUT2D eigenvalue weighted by Crippen LogP contribution is 2.35. The predicted molar refractivity (Wildman–Crippen MR) is 112 cm³/mol. The van der Waals surface area contributed by atoms with Crippen LogP contribution in [0.1, 0.15) is 36.8 Å². The van der Waals surface area contributed by atoms with Gasteiger partial charge in [-0.15, -0.1) is 0 Å². The molecule has 1 fully saturated rings. The Hall–Kier alpha value is -2.53. The Morgan fingerprint density at radius 2 is 1.82 bits per heavy atom. The van der Waals surface area contributed by atoms with Gasteiger partial charge >= 0.3 is 6.03 Å². The molecule has 1 saturated carbocycles. The number of carbonyl (C=O) groups is 2. The molecule has 0 atom stereocenters. The van der Waals surface area contributed by atoms with Crippen molar-refractivity contribution in [1.29, 1.82) is 0 Å². The van der Waals surface area contributed by atoms with Gasteiger partial charge < -0.3 is 15.5 Å². The summed E-state index contributed by atoms with van der Waals surface area (Å²) in [5.41, 5.74) is 3.77. The molecule has 1 heterocycles. The van der Waals surface area contributed by atoms with Crippen molar-refractivity contribution < 1.29 is 9.59 Å². The maximum absolute atomic E-state index is 12.8. The Kier molecular flexibility index (Phi) is 5.53. The standard InChI is InChI=1S/C22H24ClN3O2/c23-18-8-5-15(6-9-18)14-24-22(28)25-19-10-7-16-11-12-26(20(16)13-19)21(27)17-3-1-2-4-17/h5-10,13,17H,1-4,11-12,14H2,(H2,24,25,28). The van der Waals surface area contributed by atoms with Gasteiger partial charge in [0.05, 0.1) is 0 Å². The van der Waals surface area contributed by atoms with Gasteiger partial charge in [-0.1, -0.05) is 42.6 Å². The monoisotopic (exact) mass is 397 g/mol. The molecule has 3 amide bonds. The number of carbonyl (C=O) groups excluding carboxylic acids is 2. The van der Waals surface area contributed by atoms with E-state index >= 15 is 0 Å². The summed E-state index contributed by atoms with van der Waals surface area (Å²) in [5, 5.41) is 6.38. The number of nitrogens with one attached hydrogen (secondary N) is 2. The van der Waals surface area contributed by atoms with E-state index in [-0.39, 0.29) is 17.9 Å². The van der Waals surface area contributed by atoms with Crippen molar-refractivity contribution in [3.8, 4) is 0 Å². The SMILES string of the molecule is O=C(NCc1ccc(Cl)cc1)Nc1ccc2c(c1)N(C(=O)C1CCCC1)CC2. The highest BCUT2D eigenvalue weighted by molar-refractivity contribution is 6.30. The first-order valence-electron chi connectivity index (χ1n) is 9.84. The minimum Gasteiger partial charge on any atom is -0.334 e. The Morgan fingerprint density at radius 1 is 1.07 bits per heavy atom. The van der Waals surface area contributed by atoms with Crippen LogP contribution in [-0.4, -0.2) is 18.5 Å². The van der Waals surface area contributed by atoms with Crippen molar-refractivity contribution in [1.82, 2.24) is 5.32 Å². The van der Waals surface area contributed by atoms with Crippen LogP contribution < -0.4 is 15.5 Å². The number of rotatable bonds is 4. The summed E-state index contributed by atoms with van der Waals surface area (Å²) < 4.78 is 0. The molecule has 5 nitrogen and oxygen atoms in total. The number of halogens is 1. The van der Waals surface area contributed by atoms with Gasteiger partial charge in [0, 0.05) is 35.4 Å². The van der Waals surface area contributed by atoms with Gasteiger partial charge in [0.15, 0.2) is 0 Å². The number of anilines is 2. The van der Waals surface area contributed by atoms with E-state index in [0.717, 1.165) is 49.9 Å². The molecule has 0 bridgehead atoms. The second-order valence-electron chi connectivity index (χ2n) is 7.50. The molecule has 2 N–H and O–H groups in total. The van der Waals surface area contributed by atoms with E-state index in [0.29, 0.717) is 17.3 Å². The summed E-state index contributed by atoms with van der Waals surface area (Å²) in [7, 11) is 0. The Labute approximate surface area is 170 Å². The molecule has 0 saturated heterocycles. The van der Waals surface area contributed by atoms with Gasteiger partial charge in [-0.2, -0.15) is 0 Å². The number of nitrogens with zero attached hydrogens (tertiary/aromatic N) is 1. The lowest BCUT2D eigenvalue weighted by molar-refractivity contribution is -0.122. The van der Waals surface area contributed by atoms with Crippen LogP contribution in [0.3, 0.4) is 0 Å². The molecule has 1 aliphatic carbocycles. The summed E-state index contributed by atoms with van der Waals surface area (Å²) in [6.07, 6.45) is 5.15. The van der Waals surface area contributed by atoms with Gasteiger partial charge in [-0.25, -0.2) is 4.79 Å². The fourth-order valence-electron chi connectivity index (χ4n) is 4.04. The number of urea groups is 1. The Balaban J connectivity index is 1.39. The van der Waals surface area contributed by atoms with Crippen LogP contribution in [0, 0.1) is 5.92 Å². The summed E-state index contributed by atoms with van der Waals surface area (Å²) in [6, 6.07) is 12.9. The molecule has 0 unspecified atom stereocenters. The maximum Gasteiger partial charge on any atom is 0.319 e. The summed E-state index contributed by atoms with van der Waals surface area (Å²) in [4.78, 5) is 27.0. The van der Waals surface area contributed by atoms with E-state index in [2.05, 4.69) is 10.6 Å². The quantitative estimate of drug-likeness (QED) is 0.782. The first kappa shape index (κ1) is 18.8. The normalized spacial score (nSPS) is 16.1. The molecular formula is C22H24ClN3O2. The van der Waals surface area contributed by atoms with E-state index < -0.39 is 0 Å². The molecule has 0 spiro atoms. The van der Waals surface area contributed by atoms with E-state index in [4.69, 9.17) is 11.6 Å². The highest BCUT2D eigenvalue weighted by Gasteiger charge is 2.31. The maximum atomic E-state index is 12.8. The molecule has 2 aromatic rings. The van der Waals surface area contributed by atoms with Crippen LogP contribution in [0.4, 0.5) is 16.2 Å². The van der Waals surface area contributed by atoms with Gasteiger partial charge in [-0.3, -0.25) is 4.79 Å². The van der Waals surface area contributed by atoms with Gasteiger partial charge in [-0.05, 0) is 54.7 Å². The zero-order valence-electron chi connectivity index (χ0n) is 15.7. The summed E-state index contributed by atoms with van der Waals surface area (Å²) >= 11 is 5.88. The molecule has 0 aromatic heterocycles. The lowest BCUT2D eigenvalue weighted by Gasteiger charge is -2.21. The Bertz CT molecular complexity index is 876. The average Bonchev–Trinajstić information content (AvgIpc) is 3.37. The third-order valence-electron chi connectivity index (χ3n) is 5.58. The molecule has 4 rings (SSSR count). The van der Waals surface area contributed by atoms with Crippen molar-refractivity contribution in [3.63, 3.8) is 0 Å². The van der Waals surface area contributed by atoms with Crippen LogP contribution in [0.2, 0.25) is 5.02 Å². The van der Waals surface area contributed by atoms with E-state index in [1.165, 1.54) is 5.56 Å². The molecule has 6 heteroatoms. The van der Waals surface area contributed by atoms with E-state index in [9.17, 15) is 9.59 Å². The smallest absolute Gasteiger partial charge is 0.319 e. The lowest BCUT2D eigenvalue weighted by atomic mass is 10.1. The molecule has 1 aliphatic heterocycles. The third-order valence-corrected chi connectivity index (χ3v) is 5.83. The fourth-order valence-corrected chi connectivity index (χ4v) is 4.16. The molecule has 28 heavy (non-hydrogen) atoms. The van der Waals surface area contributed by atoms with Gasteiger partial charge in [0.1, 0.15) is 0 Å². The molecular weight excluding hydrogens is 374 g/mol. The van der Waals surface area contributed by atoms with Crippen LogP contribution >= 0.6 is 11.6 Å². The minimum absolute atomic E-state index is 0.158. The summed E-state index contributed by atoms with van der Waals surface area (Å²) in [5.74, 6) is 0.394. The molecule has 2 aliphatic rings. The number of hydrogen-bond donors (Lipinski definition) is 2. The average molecular weight is 398 g/mol. The van der Waals surface area contributed by atoms with Gasteiger partial charge in [0.25, 0.3) is 0 Å². The number of hydrogen-bond acceptors (Lipinski definition) is 2. The second-order valence-corrected chi connectivity index (χ2v) is 7.94. The second kappa shape index (κ2) is 8.23. The van der Waals surface area contributed by atoms with Crippen LogP contribution in [0.5, 0.6) is 0 Å². The van der Waals surface area contributed by atoms with Crippen molar-refractivity contribution in [3.05, 3.63) is 58.6 Å². The fraction of sp³-hybridized carbons (Fsp3) is 0.364. The van der Waals surface area contributed by atoms with Crippen molar-refractivity contribution in [2.45, 2.75) is 38.6 Å². The minimum atomic E-state index is -0.276. The Morgan fingerprint density at radius 3 is 2.57 bits per heavy atom. The zero-order valence-corrected chi connectivity index (χ0v) is 16.5. The third kappa shape index (κ3) is 4.14. The highest BCUT2D eigenvalue weighted by atomic mass is 35.5. The van der Waals surface area contributed by atoms with E-state index in [1.807, 2.05) is 35.2 Å². The van der Waals surface area contributed by atoms with Crippen molar-refractivity contribution >= 4 is 34.9 Å². The molecule has 0 radical (unpaired) electrons. The topological polar surface area (TPSA) is 61.4 Å². The number of amides is 3. The summed E-state index contributed by atoms with van der Waals surface area (Å²) in [6.45, 7) is 1.15. The van der Waals surface area contributed by atoms with Crippen LogP contribution in [0.15, 0.2) is 42.5 Å². The first-order valence-corrected chi connectivity index (χ1v) is 10.2. The predicted octanol–water partition coefficient (Wildman–Crippen LogP) is 4.74. The van der Waals surface area contributed by atoms with Gasteiger partial charge in [0.2, 0.25) is 5.91 Å². The first-order chi connectivity index (χ1) is 13.6. The zero-order chi connectivity index (χ0) is 19.5. The number of fused-ring (bicyclic) bond motifs is 1. The van der Waals surface area contributed by atoms with Crippen molar-refractivity contribution in [2.75, 3.05) is 16.8 Å². The van der Waals surface area contributed by atoms with Crippen molar-refractivity contribution in [2.24, 2.45) is 5.92 Å². The molecule has 146 valence electrons.